The number of carboxylic acids is 1. The monoisotopic (exact) mass is 236 g/mol. The van der Waals surface area contributed by atoms with Gasteiger partial charge in [0.25, 0.3) is 0 Å². The first-order valence-electron chi connectivity index (χ1n) is 5.42. The topological polar surface area (TPSA) is 63.6 Å². The molecule has 1 aromatic rings. The van der Waals surface area contributed by atoms with E-state index in [0.29, 0.717) is 0 Å². The van der Waals surface area contributed by atoms with Crippen LogP contribution in [0.15, 0.2) is 18.2 Å². The van der Waals surface area contributed by atoms with Gasteiger partial charge in [-0.05, 0) is 25.0 Å². The van der Waals surface area contributed by atoms with Gasteiger partial charge >= 0.3 is 11.9 Å². The second-order valence-corrected chi connectivity index (χ2v) is 3.98. The number of rotatable bonds is 5. The number of benzene rings is 1. The molecule has 1 N–H and O–H groups in total. The summed E-state index contributed by atoms with van der Waals surface area (Å²) >= 11 is 0. The fourth-order valence-electron chi connectivity index (χ4n) is 1.45. The first-order valence-corrected chi connectivity index (χ1v) is 5.42. The number of hydrogen-bond acceptors (Lipinski definition) is 3. The highest BCUT2D eigenvalue weighted by Crippen LogP contribution is 2.12. The molecule has 0 unspecified atom stereocenters. The molecule has 4 nitrogen and oxygen atoms in total. The molecule has 0 saturated carbocycles. The summed E-state index contributed by atoms with van der Waals surface area (Å²) in [6.45, 7) is 4.15. The highest BCUT2D eigenvalue weighted by molar-refractivity contribution is 5.76. The Morgan fingerprint density at radius 1 is 1.24 bits per heavy atom. The van der Waals surface area contributed by atoms with Crippen LogP contribution in [-0.4, -0.2) is 17.0 Å². The molecule has 92 valence electrons. The van der Waals surface area contributed by atoms with Crippen LogP contribution in [0.25, 0.3) is 0 Å². The van der Waals surface area contributed by atoms with Gasteiger partial charge in [-0.1, -0.05) is 23.8 Å². The number of carbonyl (C=O) groups is 2. The summed E-state index contributed by atoms with van der Waals surface area (Å²) in [5.41, 5.74) is 3.17. The zero-order chi connectivity index (χ0) is 12.8. The molecule has 1 aromatic carbocycles. The Hall–Kier alpha value is -1.84. The van der Waals surface area contributed by atoms with Gasteiger partial charge in [0.1, 0.15) is 6.61 Å². The second kappa shape index (κ2) is 6.03. The van der Waals surface area contributed by atoms with Crippen molar-refractivity contribution < 1.29 is 19.4 Å². The molecule has 0 bridgehead atoms. The fourth-order valence-corrected chi connectivity index (χ4v) is 1.45. The van der Waals surface area contributed by atoms with E-state index in [-0.39, 0.29) is 19.4 Å². The van der Waals surface area contributed by atoms with E-state index in [1.807, 2.05) is 32.0 Å². The van der Waals surface area contributed by atoms with Crippen molar-refractivity contribution in [3.05, 3.63) is 34.9 Å². The van der Waals surface area contributed by atoms with Crippen LogP contribution in [0.2, 0.25) is 0 Å². The van der Waals surface area contributed by atoms with Crippen LogP contribution in [0, 0.1) is 13.8 Å². The third kappa shape index (κ3) is 4.68. The van der Waals surface area contributed by atoms with Gasteiger partial charge in [0, 0.05) is 0 Å². The molecule has 0 amide bonds. The Labute approximate surface area is 100 Å². The maximum absolute atomic E-state index is 11.2. The van der Waals surface area contributed by atoms with Gasteiger partial charge in [0.15, 0.2) is 0 Å². The van der Waals surface area contributed by atoms with Gasteiger partial charge in [0.2, 0.25) is 0 Å². The minimum Gasteiger partial charge on any atom is -0.481 e. The zero-order valence-corrected chi connectivity index (χ0v) is 10.0. The number of ether oxygens (including phenoxy) is 1. The molecule has 17 heavy (non-hydrogen) atoms. The third-order valence-corrected chi connectivity index (χ3v) is 2.43. The lowest BCUT2D eigenvalue weighted by atomic mass is 10.1. The summed E-state index contributed by atoms with van der Waals surface area (Å²) in [6, 6.07) is 5.88. The fraction of sp³-hybridized carbons (Fsp3) is 0.385. The van der Waals surface area contributed by atoms with E-state index in [1.54, 1.807) is 0 Å². The van der Waals surface area contributed by atoms with Gasteiger partial charge in [-0.2, -0.15) is 0 Å². The van der Waals surface area contributed by atoms with Crippen LogP contribution in [0.5, 0.6) is 0 Å². The molecular formula is C13H16O4. The molecule has 0 aliphatic heterocycles. The normalized spacial score (nSPS) is 10.0. The molecule has 0 heterocycles. The Morgan fingerprint density at radius 3 is 2.53 bits per heavy atom. The van der Waals surface area contributed by atoms with Crippen molar-refractivity contribution in [2.75, 3.05) is 0 Å². The lowest BCUT2D eigenvalue weighted by Gasteiger charge is -2.07. The number of carboxylic acid groups (broad SMARTS) is 1. The van der Waals surface area contributed by atoms with Crippen LogP contribution in [-0.2, 0) is 20.9 Å². The molecule has 0 aliphatic carbocycles. The second-order valence-electron chi connectivity index (χ2n) is 3.98. The molecule has 0 radical (unpaired) electrons. The maximum Gasteiger partial charge on any atom is 0.306 e. The highest BCUT2D eigenvalue weighted by atomic mass is 16.5. The van der Waals surface area contributed by atoms with Crippen molar-refractivity contribution in [2.24, 2.45) is 0 Å². The van der Waals surface area contributed by atoms with Crippen LogP contribution < -0.4 is 0 Å². The Morgan fingerprint density at radius 2 is 1.94 bits per heavy atom. The summed E-state index contributed by atoms with van der Waals surface area (Å²) in [4.78, 5) is 21.5. The third-order valence-electron chi connectivity index (χ3n) is 2.43. The molecule has 0 aliphatic rings. The van der Waals surface area contributed by atoms with Crippen molar-refractivity contribution in [3.63, 3.8) is 0 Å². The summed E-state index contributed by atoms with van der Waals surface area (Å²) in [5, 5.41) is 8.41. The van der Waals surface area contributed by atoms with E-state index < -0.39 is 11.9 Å². The Balaban J connectivity index is 2.44. The van der Waals surface area contributed by atoms with Crippen molar-refractivity contribution in [2.45, 2.75) is 33.3 Å². The Bertz CT molecular complexity index is 423. The first-order chi connectivity index (χ1) is 7.99. The van der Waals surface area contributed by atoms with Gasteiger partial charge < -0.3 is 9.84 Å². The van der Waals surface area contributed by atoms with Gasteiger partial charge in [-0.15, -0.1) is 0 Å². The van der Waals surface area contributed by atoms with E-state index in [2.05, 4.69) is 0 Å². The summed E-state index contributed by atoms with van der Waals surface area (Å²) in [5.74, 6) is -1.47. The molecule has 0 saturated heterocycles. The number of aryl methyl sites for hydroxylation is 2. The van der Waals surface area contributed by atoms with Crippen LogP contribution in [0.3, 0.4) is 0 Å². The van der Waals surface area contributed by atoms with Crippen LogP contribution >= 0.6 is 0 Å². The van der Waals surface area contributed by atoms with Crippen LogP contribution in [0.4, 0.5) is 0 Å². The predicted octanol–water partition coefficient (Wildman–Crippen LogP) is 2.21. The molecule has 0 spiro atoms. The van der Waals surface area contributed by atoms with Gasteiger partial charge in [-0.25, -0.2) is 0 Å². The molecule has 0 atom stereocenters. The van der Waals surface area contributed by atoms with Crippen molar-refractivity contribution in [1.29, 1.82) is 0 Å². The summed E-state index contributed by atoms with van der Waals surface area (Å²) < 4.78 is 5.00. The van der Waals surface area contributed by atoms with Crippen molar-refractivity contribution >= 4 is 11.9 Å². The lowest BCUT2D eigenvalue weighted by molar-refractivity contribution is -0.148. The Kier molecular flexibility index (Phi) is 4.69. The molecular weight excluding hydrogens is 220 g/mol. The molecule has 0 aromatic heterocycles. The first kappa shape index (κ1) is 13.2. The van der Waals surface area contributed by atoms with Crippen molar-refractivity contribution in [3.8, 4) is 0 Å². The summed E-state index contributed by atoms with van der Waals surface area (Å²) in [7, 11) is 0. The quantitative estimate of drug-likeness (QED) is 0.796. The predicted molar refractivity (Wildman–Crippen MR) is 62.6 cm³/mol. The minimum atomic E-state index is -0.992. The average Bonchev–Trinajstić information content (AvgIpc) is 2.25. The van der Waals surface area contributed by atoms with E-state index in [4.69, 9.17) is 9.84 Å². The smallest absolute Gasteiger partial charge is 0.306 e. The molecule has 1 rings (SSSR count). The minimum absolute atomic E-state index is 0.0831. The SMILES string of the molecule is Cc1ccc(COC(=O)CCC(=O)O)c(C)c1. The average molecular weight is 236 g/mol. The maximum atomic E-state index is 11.2. The van der Waals surface area contributed by atoms with E-state index in [1.165, 1.54) is 0 Å². The largest absolute Gasteiger partial charge is 0.481 e. The van der Waals surface area contributed by atoms with Gasteiger partial charge in [0.05, 0.1) is 12.8 Å². The van der Waals surface area contributed by atoms with E-state index in [9.17, 15) is 9.59 Å². The van der Waals surface area contributed by atoms with Crippen molar-refractivity contribution in [1.82, 2.24) is 0 Å². The number of carbonyl (C=O) groups excluding carboxylic acids is 1. The van der Waals surface area contributed by atoms with E-state index in [0.717, 1.165) is 16.7 Å². The zero-order valence-electron chi connectivity index (χ0n) is 10.0. The highest BCUT2D eigenvalue weighted by Gasteiger charge is 2.07. The molecule has 0 fully saturated rings. The van der Waals surface area contributed by atoms with Crippen LogP contribution in [0.1, 0.15) is 29.5 Å². The number of esters is 1. The summed E-state index contributed by atoms with van der Waals surface area (Å²) in [6.07, 6.45) is -0.272. The standard InChI is InChI=1S/C13H16O4/c1-9-3-4-11(10(2)7-9)8-17-13(16)6-5-12(14)15/h3-4,7H,5-6,8H2,1-2H3,(H,14,15). The lowest BCUT2D eigenvalue weighted by Crippen LogP contribution is -2.08. The molecule has 4 heteroatoms. The van der Waals surface area contributed by atoms with E-state index >= 15 is 0 Å². The number of aliphatic carboxylic acids is 1. The van der Waals surface area contributed by atoms with Gasteiger partial charge in [-0.3, -0.25) is 9.59 Å². The number of hydrogen-bond donors (Lipinski definition) is 1.